The fourth-order valence-corrected chi connectivity index (χ4v) is 2.00. The Morgan fingerprint density at radius 3 is 2.48 bits per heavy atom. The summed E-state index contributed by atoms with van der Waals surface area (Å²) in [6.07, 6.45) is -4.79. The fraction of sp³-hybridized carbons (Fsp3) is 0.0714. The molecule has 0 saturated carbocycles. The van der Waals surface area contributed by atoms with E-state index in [0.29, 0.717) is 16.1 Å². The summed E-state index contributed by atoms with van der Waals surface area (Å²) in [5.74, 6) is -1.10. The minimum Gasteiger partial charge on any atom is -0.406 e. The Labute approximate surface area is 123 Å². The smallest absolute Gasteiger partial charge is 0.406 e. The second-order valence-electron chi connectivity index (χ2n) is 4.13. The minimum atomic E-state index is -4.79. The van der Waals surface area contributed by atoms with Crippen LogP contribution in [0, 0.1) is 0 Å². The molecule has 0 bridgehead atoms. The van der Waals surface area contributed by atoms with Crippen molar-refractivity contribution in [1.82, 2.24) is 0 Å². The van der Waals surface area contributed by atoms with Crippen molar-refractivity contribution in [2.45, 2.75) is 6.36 Å². The first-order valence-corrected chi connectivity index (χ1v) is 6.09. The SMILES string of the molecule is NC(=O)c1ccc(Cl)cc1-c1cccc(OC(F)(F)F)c1. The molecule has 21 heavy (non-hydrogen) atoms. The first kappa shape index (κ1) is 15.2. The number of carbonyl (C=O) groups is 1. The third-order valence-corrected chi connectivity index (χ3v) is 2.86. The van der Waals surface area contributed by atoms with Crippen molar-refractivity contribution in [3.05, 3.63) is 53.1 Å². The summed E-state index contributed by atoms with van der Waals surface area (Å²) in [6.45, 7) is 0. The largest absolute Gasteiger partial charge is 0.573 e. The van der Waals surface area contributed by atoms with E-state index in [4.69, 9.17) is 17.3 Å². The van der Waals surface area contributed by atoms with Gasteiger partial charge in [0.25, 0.3) is 0 Å². The first-order valence-electron chi connectivity index (χ1n) is 5.72. The van der Waals surface area contributed by atoms with Crippen LogP contribution in [0.15, 0.2) is 42.5 Å². The molecule has 0 radical (unpaired) electrons. The van der Waals surface area contributed by atoms with Crippen molar-refractivity contribution >= 4 is 17.5 Å². The number of nitrogens with two attached hydrogens (primary N) is 1. The van der Waals surface area contributed by atoms with Crippen molar-refractivity contribution in [2.24, 2.45) is 5.73 Å². The highest BCUT2D eigenvalue weighted by Gasteiger charge is 2.31. The zero-order valence-electron chi connectivity index (χ0n) is 10.4. The normalized spacial score (nSPS) is 11.2. The van der Waals surface area contributed by atoms with Crippen molar-refractivity contribution in [2.75, 3.05) is 0 Å². The van der Waals surface area contributed by atoms with Gasteiger partial charge in [0.2, 0.25) is 5.91 Å². The van der Waals surface area contributed by atoms with Gasteiger partial charge in [-0.2, -0.15) is 0 Å². The van der Waals surface area contributed by atoms with Crippen molar-refractivity contribution in [3.63, 3.8) is 0 Å². The van der Waals surface area contributed by atoms with E-state index in [0.717, 1.165) is 12.1 Å². The van der Waals surface area contributed by atoms with Crippen LogP contribution in [0.3, 0.4) is 0 Å². The van der Waals surface area contributed by atoms with E-state index >= 15 is 0 Å². The molecule has 0 aromatic heterocycles. The van der Waals surface area contributed by atoms with Gasteiger partial charge in [-0.15, -0.1) is 13.2 Å². The van der Waals surface area contributed by atoms with E-state index in [1.54, 1.807) is 0 Å². The molecule has 2 aromatic rings. The van der Waals surface area contributed by atoms with Crippen LogP contribution in [0.25, 0.3) is 11.1 Å². The Kier molecular flexibility index (Phi) is 4.09. The maximum atomic E-state index is 12.2. The maximum absolute atomic E-state index is 12.2. The summed E-state index contributed by atoms with van der Waals surface area (Å²) < 4.78 is 40.5. The molecule has 1 amide bonds. The van der Waals surface area contributed by atoms with Crippen LogP contribution in [0.5, 0.6) is 5.75 Å². The molecule has 2 N–H and O–H groups in total. The molecule has 0 heterocycles. The average Bonchev–Trinajstić information content (AvgIpc) is 2.36. The molecule has 0 aliphatic heterocycles. The molecule has 0 saturated heterocycles. The second kappa shape index (κ2) is 5.65. The third kappa shape index (κ3) is 3.88. The van der Waals surface area contributed by atoms with Crippen LogP contribution in [0.1, 0.15) is 10.4 Å². The number of carbonyl (C=O) groups excluding carboxylic acids is 1. The molecule has 0 unspecified atom stereocenters. The molecule has 2 aromatic carbocycles. The van der Waals surface area contributed by atoms with Crippen LogP contribution >= 0.6 is 11.6 Å². The van der Waals surface area contributed by atoms with Gasteiger partial charge in [0.1, 0.15) is 5.75 Å². The zero-order valence-corrected chi connectivity index (χ0v) is 11.2. The number of rotatable bonds is 3. The van der Waals surface area contributed by atoms with E-state index in [2.05, 4.69) is 4.74 Å². The van der Waals surface area contributed by atoms with E-state index < -0.39 is 18.0 Å². The monoisotopic (exact) mass is 315 g/mol. The molecule has 2 rings (SSSR count). The van der Waals surface area contributed by atoms with Crippen LogP contribution in [-0.2, 0) is 0 Å². The third-order valence-electron chi connectivity index (χ3n) is 2.63. The number of amides is 1. The minimum absolute atomic E-state index is 0.156. The number of hydrogen-bond donors (Lipinski definition) is 1. The Morgan fingerprint density at radius 1 is 1.14 bits per heavy atom. The van der Waals surface area contributed by atoms with Gasteiger partial charge in [-0.25, -0.2) is 0 Å². The maximum Gasteiger partial charge on any atom is 0.573 e. The van der Waals surface area contributed by atoms with Crippen molar-refractivity contribution < 1.29 is 22.7 Å². The summed E-state index contributed by atoms with van der Waals surface area (Å²) >= 11 is 5.85. The van der Waals surface area contributed by atoms with Gasteiger partial charge in [-0.1, -0.05) is 23.7 Å². The Morgan fingerprint density at radius 2 is 1.86 bits per heavy atom. The highest BCUT2D eigenvalue weighted by molar-refractivity contribution is 6.31. The van der Waals surface area contributed by atoms with Gasteiger partial charge in [0, 0.05) is 10.6 Å². The lowest BCUT2D eigenvalue weighted by Gasteiger charge is -2.12. The van der Waals surface area contributed by atoms with Crippen LogP contribution in [0.2, 0.25) is 5.02 Å². The Balaban J connectivity index is 2.50. The standard InChI is InChI=1S/C14H9ClF3NO2/c15-9-4-5-11(13(19)20)12(7-9)8-2-1-3-10(6-8)21-14(16,17)18/h1-7H,(H2,19,20). The van der Waals surface area contributed by atoms with E-state index in [1.807, 2.05) is 0 Å². The Bertz CT molecular complexity index is 686. The summed E-state index contributed by atoms with van der Waals surface area (Å²) in [7, 11) is 0. The van der Waals surface area contributed by atoms with E-state index in [9.17, 15) is 18.0 Å². The molecule has 0 fully saturated rings. The molecular formula is C14H9ClF3NO2. The lowest BCUT2D eigenvalue weighted by molar-refractivity contribution is -0.274. The zero-order chi connectivity index (χ0) is 15.6. The van der Waals surface area contributed by atoms with Crippen LogP contribution in [-0.4, -0.2) is 12.3 Å². The molecule has 0 spiro atoms. The topological polar surface area (TPSA) is 52.3 Å². The van der Waals surface area contributed by atoms with Gasteiger partial charge in [-0.05, 0) is 41.5 Å². The molecular weight excluding hydrogens is 307 g/mol. The quantitative estimate of drug-likeness (QED) is 0.930. The molecule has 0 aliphatic carbocycles. The van der Waals surface area contributed by atoms with Crippen molar-refractivity contribution in [1.29, 1.82) is 0 Å². The number of alkyl halides is 3. The summed E-state index contributed by atoms with van der Waals surface area (Å²) in [5.41, 5.74) is 6.08. The molecule has 0 atom stereocenters. The number of ether oxygens (including phenoxy) is 1. The van der Waals surface area contributed by atoms with Gasteiger partial charge in [0.05, 0.1) is 0 Å². The summed E-state index contributed by atoms with van der Waals surface area (Å²) in [4.78, 5) is 11.4. The highest BCUT2D eigenvalue weighted by atomic mass is 35.5. The number of primary amides is 1. The predicted molar refractivity (Wildman–Crippen MR) is 72.1 cm³/mol. The second-order valence-corrected chi connectivity index (χ2v) is 4.57. The van der Waals surface area contributed by atoms with Gasteiger partial charge in [0.15, 0.2) is 0 Å². The van der Waals surface area contributed by atoms with Gasteiger partial charge < -0.3 is 10.5 Å². The first-order chi connectivity index (χ1) is 9.76. The fourth-order valence-electron chi connectivity index (χ4n) is 1.83. The Hall–Kier alpha value is -2.21. The molecule has 110 valence electrons. The highest BCUT2D eigenvalue weighted by Crippen LogP contribution is 2.31. The van der Waals surface area contributed by atoms with Gasteiger partial charge in [-0.3, -0.25) is 4.79 Å². The molecule has 7 heteroatoms. The summed E-state index contributed by atoms with van der Waals surface area (Å²) in [6, 6.07) is 9.56. The van der Waals surface area contributed by atoms with Crippen LogP contribution < -0.4 is 10.5 Å². The molecule has 0 aliphatic rings. The number of hydrogen-bond acceptors (Lipinski definition) is 2. The van der Waals surface area contributed by atoms with Crippen molar-refractivity contribution in [3.8, 4) is 16.9 Å². The van der Waals surface area contributed by atoms with E-state index in [1.165, 1.54) is 30.3 Å². The number of halogens is 4. The van der Waals surface area contributed by atoms with Gasteiger partial charge >= 0.3 is 6.36 Å². The lowest BCUT2D eigenvalue weighted by Crippen LogP contribution is -2.17. The summed E-state index contributed by atoms with van der Waals surface area (Å²) in [5, 5.41) is 0.331. The number of benzene rings is 2. The average molecular weight is 316 g/mol. The predicted octanol–water partition coefficient (Wildman–Crippen LogP) is 4.00. The van der Waals surface area contributed by atoms with Crippen LogP contribution in [0.4, 0.5) is 13.2 Å². The lowest BCUT2D eigenvalue weighted by atomic mass is 9.99. The van der Waals surface area contributed by atoms with E-state index in [-0.39, 0.29) is 5.56 Å². The molecule has 3 nitrogen and oxygen atoms in total.